The first-order chi connectivity index (χ1) is 16.0. The highest BCUT2D eigenvalue weighted by Gasteiger charge is 2.61. The summed E-state index contributed by atoms with van der Waals surface area (Å²) < 4.78 is 5.72. The molecule has 0 aliphatic heterocycles. The number of hydrogen-bond acceptors (Lipinski definition) is 2. The third-order valence-corrected chi connectivity index (χ3v) is 11.6. The van der Waals surface area contributed by atoms with Crippen molar-refractivity contribution in [3.05, 3.63) is 12.2 Å². The van der Waals surface area contributed by atoms with E-state index in [1.165, 1.54) is 51.4 Å². The highest BCUT2D eigenvalue weighted by Crippen LogP contribution is 2.69. The standard InChI is InChI=1S/C30H50O2.C2H6.H2/c1-8-27(3,4)32-26(31)14-11-21(2)23-12-13-24-22-15-19-28(5)17-9-10-18-30(28,7)25(22)16-20-29(23,24)6;1-2;/h16,20-25H,8-15,17-19H2,1-7H3;1-2H3;1H/t21-,22?,23?,24+,25?,28?,29?,30?;;/m1../s1. The maximum absolute atomic E-state index is 12.5. The SMILES string of the molecule is CC.CCC(C)(C)OC(=O)CC[C@@H](C)C1CC[C@H]2C3CCC4(C)CCCCC4(C)C3C=CC12C.[HH]. The average molecular weight is 475 g/mol. The van der Waals surface area contributed by atoms with Gasteiger partial charge in [-0.3, -0.25) is 4.79 Å². The molecule has 2 heteroatoms. The van der Waals surface area contributed by atoms with E-state index in [1.54, 1.807) is 0 Å². The van der Waals surface area contributed by atoms with Crippen molar-refractivity contribution in [3.8, 4) is 0 Å². The molecule has 6 unspecified atom stereocenters. The molecule has 0 aromatic carbocycles. The molecule has 0 aromatic heterocycles. The summed E-state index contributed by atoms with van der Waals surface area (Å²) in [4.78, 5) is 12.5. The number of hydrogen-bond donors (Lipinski definition) is 0. The van der Waals surface area contributed by atoms with Gasteiger partial charge in [0.2, 0.25) is 0 Å². The molecule has 0 heterocycles. The smallest absolute Gasteiger partial charge is 0.306 e. The minimum Gasteiger partial charge on any atom is -0.460 e. The van der Waals surface area contributed by atoms with E-state index in [9.17, 15) is 4.79 Å². The predicted octanol–water partition coefficient (Wildman–Crippen LogP) is 9.62. The molecule has 0 radical (unpaired) electrons. The van der Waals surface area contributed by atoms with Gasteiger partial charge in [-0.05, 0) is 111 Å². The Morgan fingerprint density at radius 1 is 1.09 bits per heavy atom. The number of ether oxygens (including phenoxy) is 1. The molecule has 0 amide bonds. The van der Waals surface area contributed by atoms with Crippen molar-refractivity contribution in [2.24, 2.45) is 45.8 Å². The van der Waals surface area contributed by atoms with Gasteiger partial charge in [-0.15, -0.1) is 0 Å². The molecule has 3 fully saturated rings. The van der Waals surface area contributed by atoms with E-state index in [2.05, 4.69) is 46.8 Å². The molecule has 8 atom stereocenters. The highest BCUT2D eigenvalue weighted by molar-refractivity contribution is 5.69. The van der Waals surface area contributed by atoms with Gasteiger partial charge in [-0.25, -0.2) is 0 Å². The molecule has 2 nitrogen and oxygen atoms in total. The number of esters is 1. The van der Waals surface area contributed by atoms with Crippen molar-refractivity contribution >= 4 is 5.97 Å². The van der Waals surface area contributed by atoms with E-state index < -0.39 is 0 Å². The zero-order valence-electron chi connectivity index (χ0n) is 24.1. The minimum absolute atomic E-state index is 0. The van der Waals surface area contributed by atoms with E-state index in [1.807, 2.05) is 27.7 Å². The Hall–Kier alpha value is -0.790. The minimum atomic E-state index is -0.337. The van der Waals surface area contributed by atoms with E-state index >= 15 is 0 Å². The summed E-state index contributed by atoms with van der Waals surface area (Å²) >= 11 is 0. The lowest BCUT2D eigenvalue weighted by Crippen LogP contribution is -2.55. The molecular formula is C32H58O2. The number of rotatable bonds is 6. The molecule has 4 aliphatic rings. The largest absolute Gasteiger partial charge is 0.460 e. The molecule has 198 valence electrons. The topological polar surface area (TPSA) is 26.3 Å². The first-order valence-corrected chi connectivity index (χ1v) is 14.9. The Morgan fingerprint density at radius 3 is 2.44 bits per heavy atom. The van der Waals surface area contributed by atoms with Crippen molar-refractivity contribution < 1.29 is 11.0 Å². The van der Waals surface area contributed by atoms with Gasteiger partial charge < -0.3 is 4.74 Å². The summed E-state index contributed by atoms with van der Waals surface area (Å²) in [6.45, 7) is 20.3. The molecule has 0 N–H and O–H groups in total. The van der Waals surface area contributed by atoms with Crippen molar-refractivity contribution in [1.29, 1.82) is 0 Å². The van der Waals surface area contributed by atoms with Crippen molar-refractivity contribution in [2.75, 3.05) is 0 Å². The third kappa shape index (κ3) is 4.78. The van der Waals surface area contributed by atoms with Gasteiger partial charge in [-0.1, -0.05) is 73.5 Å². The number of carbonyl (C=O) groups excluding carboxylic acids is 1. The van der Waals surface area contributed by atoms with Gasteiger partial charge in [-0.2, -0.15) is 0 Å². The average Bonchev–Trinajstić information content (AvgIpc) is 3.16. The summed E-state index contributed by atoms with van der Waals surface area (Å²) in [5, 5.41) is 0. The number of carbonyl (C=O) groups is 1. The van der Waals surface area contributed by atoms with Crippen LogP contribution in [0.4, 0.5) is 0 Å². The van der Waals surface area contributed by atoms with E-state index in [4.69, 9.17) is 4.74 Å². The van der Waals surface area contributed by atoms with Crippen LogP contribution in [0.25, 0.3) is 0 Å². The second-order valence-electron chi connectivity index (χ2n) is 13.5. The zero-order valence-corrected chi connectivity index (χ0v) is 24.1. The fraction of sp³-hybridized carbons (Fsp3) is 0.906. The number of fused-ring (bicyclic) bond motifs is 5. The quantitative estimate of drug-likeness (QED) is 0.283. The Bertz CT molecular complexity index is 744. The molecule has 4 aliphatic carbocycles. The third-order valence-electron chi connectivity index (χ3n) is 11.6. The molecule has 0 spiro atoms. The lowest BCUT2D eigenvalue weighted by molar-refractivity contribution is -0.157. The first-order valence-electron chi connectivity index (χ1n) is 14.9. The summed E-state index contributed by atoms with van der Waals surface area (Å²) in [5.41, 5.74) is 1.01. The lowest BCUT2D eigenvalue weighted by Gasteiger charge is -2.63. The van der Waals surface area contributed by atoms with Crippen LogP contribution >= 0.6 is 0 Å². The maximum Gasteiger partial charge on any atom is 0.306 e. The Kier molecular flexibility index (Phi) is 8.41. The molecule has 3 saturated carbocycles. The van der Waals surface area contributed by atoms with Crippen LogP contribution in [0.3, 0.4) is 0 Å². The Labute approximate surface area is 213 Å². The van der Waals surface area contributed by atoms with Crippen LogP contribution in [-0.4, -0.2) is 11.6 Å². The lowest BCUT2D eigenvalue weighted by atomic mass is 9.42. The molecule has 34 heavy (non-hydrogen) atoms. The second-order valence-corrected chi connectivity index (χ2v) is 13.5. The highest BCUT2D eigenvalue weighted by atomic mass is 16.6. The van der Waals surface area contributed by atoms with Crippen molar-refractivity contribution in [2.45, 2.75) is 139 Å². The van der Waals surface area contributed by atoms with Crippen LogP contribution in [-0.2, 0) is 9.53 Å². The summed E-state index contributed by atoms with van der Waals surface area (Å²) in [7, 11) is 0. The Morgan fingerprint density at radius 2 is 1.76 bits per heavy atom. The normalized spacial score (nSPS) is 41.9. The van der Waals surface area contributed by atoms with Gasteiger partial charge in [0.25, 0.3) is 0 Å². The van der Waals surface area contributed by atoms with Gasteiger partial charge >= 0.3 is 5.97 Å². The van der Waals surface area contributed by atoms with E-state index in [0.717, 1.165) is 30.6 Å². The molecule has 4 rings (SSSR count). The molecular weight excluding hydrogens is 416 g/mol. The van der Waals surface area contributed by atoms with Crippen LogP contribution in [0.5, 0.6) is 0 Å². The summed E-state index contributed by atoms with van der Waals surface area (Å²) in [5.74, 6) is 3.74. The van der Waals surface area contributed by atoms with E-state index in [0.29, 0.717) is 34.5 Å². The fourth-order valence-corrected chi connectivity index (χ4v) is 8.88. The Balaban J connectivity index is 0.00000140. The summed E-state index contributed by atoms with van der Waals surface area (Å²) in [6, 6.07) is 0. The van der Waals surface area contributed by atoms with Crippen molar-refractivity contribution in [1.82, 2.24) is 0 Å². The van der Waals surface area contributed by atoms with Gasteiger partial charge in [0.05, 0.1) is 0 Å². The summed E-state index contributed by atoms with van der Waals surface area (Å²) in [6.07, 6.45) is 19.1. The van der Waals surface area contributed by atoms with Crippen LogP contribution in [0, 0.1) is 45.8 Å². The first kappa shape index (κ1) is 27.8. The van der Waals surface area contributed by atoms with Gasteiger partial charge in [0.15, 0.2) is 0 Å². The molecule has 0 aromatic rings. The second kappa shape index (κ2) is 10.3. The zero-order chi connectivity index (χ0) is 25.4. The fourth-order valence-electron chi connectivity index (χ4n) is 8.88. The predicted molar refractivity (Wildman–Crippen MR) is 147 cm³/mol. The number of allylic oxidation sites excluding steroid dienone is 2. The monoisotopic (exact) mass is 474 g/mol. The molecule has 0 bridgehead atoms. The van der Waals surface area contributed by atoms with E-state index in [-0.39, 0.29) is 13.0 Å². The maximum atomic E-state index is 12.5. The van der Waals surface area contributed by atoms with Gasteiger partial charge in [0.1, 0.15) is 5.60 Å². The molecule has 0 saturated heterocycles. The van der Waals surface area contributed by atoms with Crippen LogP contribution in [0.1, 0.15) is 134 Å². The van der Waals surface area contributed by atoms with Crippen LogP contribution < -0.4 is 0 Å². The van der Waals surface area contributed by atoms with Crippen LogP contribution in [0.15, 0.2) is 12.2 Å². The van der Waals surface area contributed by atoms with Crippen molar-refractivity contribution in [3.63, 3.8) is 0 Å². The van der Waals surface area contributed by atoms with Gasteiger partial charge in [0, 0.05) is 7.85 Å². The van der Waals surface area contributed by atoms with Crippen LogP contribution in [0.2, 0.25) is 0 Å².